The maximum Gasteiger partial charge on any atom is 0.414 e. The minimum absolute atomic E-state index is 0.0882. The van der Waals surface area contributed by atoms with Crippen molar-refractivity contribution in [2.24, 2.45) is 5.73 Å². The molecule has 3 N–H and O–H groups in total. The average Bonchev–Trinajstić information content (AvgIpc) is 3.31. The second kappa shape index (κ2) is 10.8. The standard InChI is InChI=1S/C27H30N6O5/c1-27(2,3)38-26(37)32-14-8-12-19-21(32)16-33(31-19)24-18(11-7-13-29-24)25(36)30-20(22(34)23(28)35)15-17-9-5-4-6-10-17/h4-7,9-11,13,16,20H,8,12,14-15H2,1-3H3,(H2,28,35)(H,30,36). The monoisotopic (exact) mass is 518 g/mol. The minimum atomic E-state index is -1.16. The number of aromatic nitrogens is 3. The van der Waals surface area contributed by atoms with Gasteiger partial charge >= 0.3 is 6.09 Å². The topological polar surface area (TPSA) is 150 Å². The highest BCUT2D eigenvalue weighted by atomic mass is 16.6. The van der Waals surface area contributed by atoms with Crippen LogP contribution in [-0.4, -0.2) is 56.6 Å². The highest BCUT2D eigenvalue weighted by Gasteiger charge is 2.31. The Kier molecular flexibility index (Phi) is 7.56. The van der Waals surface area contributed by atoms with Gasteiger partial charge < -0.3 is 15.8 Å². The first-order valence-corrected chi connectivity index (χ1v) is 12.3. The number of amides is 3. The number of ketones is 1. The van der Waals surface area contributed by atoms with E-state index in [4.69, 9.17) is 10.5 Å². The van der Waals surface area contributed by atoms with E-state index in [2.05, 4.69) is 15.4 Å². The number of benzene rings is 1. The molecule has 3 aromatic rings. The van der Waals surface area contributed by atoms with Gasteiger partial charge in [-0.2, -0.15) is 5.10 Å². The van der Waals surface area contributed by atoms with E-state index in [-0.39, 0.29) is 17.8 Å². The van der Waals surface area contributed by atoms with Gasteiger partial charge in [0.1, 0.15) is 11.6 Å². The van der Waals surface area contributed by atoms with E-state index in [1.54, 1.807) is 57.3 Å². The molecule has 198 valence electrons. The van der Waals surface area contributed by atoms with Crippen molar-refractivity contribution in [2.75, 3.05) is 11.4 Å². The number of hydrogen-bond donors (Lipinski definition) is 2. The van der Waals surface area contributed by atoms with Gasteiger partial charge in [-0.3, -0.25) is 19.3 Å². The Balaban J connectivity index is 1.62. The summed E-state index contributed by atoms with van der Waals surface area (Å²) in [6.45, 7) is 5.86. The van der Waals surface area contributed by atoms with E-state index in [1.165, 1.54) is 21.8 Å². The number of pyridine rings is 1. The van der Waals surface area contributed by atoms with Gasteiger partial charge in [-0.25, -0.2) is 14.5 Å². The minimum Gasteiger partial charge on any atom is -0.443 e. The van der Waals surface area contributed by atoms with E-state index in [1.807, 2.05) is 6.07 Å². The third kappa shape index (κ3) is 6.05. The van der Waals surface area contributed by atoms with Crippen LogP contribution >= 0.6 is 0 Å². The summed E-state index contributed by atoms with van der Waals surface area (Å²) < 4.78 is 6.98. The van der Waals surface area contributed by atoms with Crippen LogP contribution in [0.4, 0.5) is 10.5 Å². The number of nitrogens with two attached hydrogens (primary N) is 1. The lowest BCUT2D eigenvalue weighted by molar-refractivity contribution is -0.137. The molecule has 1 atom stereocenters. The second-order valence-electron chi connectivity index (χ2n) is 9.96. The number of Topliss-reactive ketones (excluding diaryl/α,β-unsaturated/α-hetero) is 1. The quantitative estimate of drug-likeness (QED) is 0.456. The number of ether oxygens (including phenoxy) is 1. The fourth-order valence-corrected chi connectivity index (χ4v) is 4.17. The number of nitrogens with one attached hydrogen (secondary N) is 1. The molecule has 11 heteroatoms. The van der Waals surface area contributed by atoms with Crippen LogP contribution in [0.15, 0.2) is 54.9 Å². The molecular weight excluding hydrogens is 488 g/mol. The number of carbonyl (C=O) groups is 4. The summed E-state index contributed by atoms with van der Waals surface area (Å²) in [6.07, 6.45) is 4.09. The number of nitrogens with zero attached hydrogens (tertiary/aromatic N) is 4. The predicted octanol–water partition coefficient (Wildman–Crippen LogP) is 2.35. The Morgan fingerprint density at radius 3 is 2.53 bits per heavy atom. The van der Waals surface area contributed by atoms with Crippen molar-refractivity contribution in [1.29, 1.82) is 0 Å². The fraction of sp³-hybridized carbons (Fsp3) is 0.333. The van der Waals surface area contributed by atoms with Gasteiger partial charge in [0.2, 0.25) is 5.78 Å². The summed E-state index contributed by atoms with van der Waals surface area (Å²) in [5, 5.41) is 7.22. The number of aryl methyl sites for hydroxylation is 1. The average molecular weight is 519 g/mol. The molecule has 3 amide bonds. The molecule has 1 aromatic carbocycles. The van der Waals surface area contributed by atoms with Crippen LogP contribution in [0.1, 0.15) is 48.8 Å². The normalized spacial score (nSPS) is 13.8. The third-order valence-corrected chi connectivity index (χ3v) is 5.86. The maximum absolute atomic E-state index is 13.4. The first-order chi connectivity index (χ1) is 18.0. The summed E-state index contributed by atoms with van der Waals surface area (Å²) in [4.78, 5) is 56.2. The third-order valence-electron chi connectivity index (χ3n) is 5.86. The molecular formula is C27H30N6O5. The molecule has 38 heavy (non-hydrogen) atoms. The molecule has 0 bridgehead atoms. The lowest BCUT2D eigenvalue weighted by atomic mass is 10.0. The van der Waals surface area contributed by atoms with Crippen molar-refractivity contribution in [3.8, 4) is 5.82 Å². The summed E-state index contributed by atoms with van der Waals surface area (Å²) >= 11 is 0. The van der Waals surface area contributed by atoms with E-state index >= 15 is 0 Å². The van der Waals surface area contributed by atoms with Crippen molar-refractivity contribution in [3.63, 3.8) is 0 Å². The van der Waals surface area contributed by atoms with Gasteiger partial charge in [0, 0.05) is 19.2 Å². The zero-order valence-corrected chi connectivity index (χ0v) is 21.5. The van der Waals surface area contributed by atoms with Crippen molar-refractivity contribution < 1.29 is 23.9 Å². The lowest BCUT2D eigenvalue weighted by Gasteiger charge is -2.29. The molecule has 0 saturated heterocycles. The molecule has 2 aromatic heterocycles. The van der Waals surface area contributed by atoms with Gasteiger partial charge in [0.05, 0.1) is 23.1 Å². The molecule has 0 aliphatic carbocycles. The van der Waals surface area contributed by atoms with E-state index in [0.29, 0.717) is 30.8 Å². The summed E-state index contributed by atoms with van der Waals surface area (Å²) in [5.41, 5.74) is 6.72. The first kappa shape index (κ1) is 26.5. The maximum atomic E-state index is 13.4. The molecule has 1 aliphatic heterocycles. The fourth-order valence-electron chi connectivity index (χ4n) is 4.17. The summed E-state index contributed by atoms with van der Waals surface area (Å²) in [6, 6.07) is 10.9. The van der Waals surface area contributed by atoms with Crippen molar-refractivity contribution in [1.82, 2.24) is 20.1 Å². The highest BCUT2D eigenvalue weighted by Crippen LogP contribution is 2.29. The largest absolute Gasteiger partial charge is 0.443 e. The smallest absolute Gasteiger partial charge is 0.414 e. The molecule has 1 unspecified atom stereocenters. The van der Waals surface area contributed by atoms with Crippen LogP contribution in [0.2, 0.25) is 0 Å². The van der Waals surface area contributed by atoms with Crippen LogP contribution in [-0.2, 0) is 27.2 Å². The van der Waals surface area contributed by atoms with E-state index in [0.717, 1.165) is 5.56 Å². The zero-order chi connectivity index (χ0) is 27.4. The Hall–Kier alpha value is -4.54. The van der Waals surface area contributed by atoms with E-state index < -0.39 is 35.3 Å². The van der Waals surface area contributed by atoms with Crippen molar-refractivity contribution in [2.45, 2.75) is 51.7 Å². The Morgan fingerprint density at radius 1 is 1.11 bits per heavy atom. The van der Waals surface area contributed by atoms with Crippen molar-refractivity contribution >= 4 is 29.4 Å². The molecule has 0 saturated carbocycles. The van der Waals surface area contributed by atoms with Gasteiger partial charge in [-0.1, -0.05) is 30.3 Å². The number of carbonyl (C=O) groups excluding carboxylic acids is 4. The predicted molar refractivity (Wildman–Crippen MR) is 139 cm³/mol. The molecule has 0 fully saturated rings. The summed E-state index contributed by atoms with van der Waals surface area (Å²) in [5.74, 6) is -2.47. The number of rotatable bonds is 7. The van der Waals surface area contributed by atoms with Gasteiger partial charge in [-0.05, 0) is 51.3 Å². The van der Waals surface area contributed by atoms with Gasteiger partial charge in [0.25, 0.3) is 11.8 Å². The molecule has 0 spiro atoms. The Labute approximate surface area is 220 Å². The highest BCUT2D eigenvalue weighted by molar-refractivity contribution is 6.38. The van der Waals surface area contributed by atoms with Crippen LogP contribution < -0.4 is 16.0 Å². The summed E-state index contributed by atoms with van der Waals surface area (Å²) in [7, 11) is 0. The Morgan fingerprint density at radius 2 is 1.84 bits per heavy atom. The number of fused-ring (bicyclic) bond motifs is 1. The molecule has 4 rings (SSSR count). The van der Waals surface area contributed by atoms with Gasteiger partial charge in [0.15, 0.2) is 5.82 Å². The van der Waals surface area contributed by atoms with E-state index in [9.17, 15) is 19.2 Å². The van der Waals surface area contributed by atoms with Crippen LogP contribution in [0.25, 0.3) is 5.82 Å². The zero-order valence-electron chi connectivity index (χ0n) is 21.5. The van der Waals surface area contributed by atoms with Gasteiger partial charge in [-0.15, -0.1) is 0 Å². The van der Waals surface area contributed by atoms with Crippen LogP contribution in [0, 0.1) is 0 Å². The lowest BCUT2D eigenvalue weighted by Crippen LogP contribution is -2.47. The second-order valence-corrected chi connectivity index (χ2v) is 9.96. The SMILES string of the molecule is CC(C)(C)OC(=O)N1CCCc2nn(-c3ncccc3C(=O)NC(Cc3ccccc3)C(=O)C(N)=O)cc21. The molecule has 0 radical (unpaired) electrons. The molecule has 3 heterocycles. The molecule has 11 nitrogen and oxygen atoms in total. The first-order valence-electron chi connectivity index (χ1n) is 12.3. The van der Waals surface area contributed by atoms with Crippen molar-refractivity contribution in [3.05, 3.63) is 71.7 Å². The van der Waals surface area contributed by atoms with Crippen LogP contribution in [0.5, 0.6) is 0 Å². The Bertz CT molecular complexity index is 1360. The number of anilines is 1. The number of hydrogen-bond acceptors (Lipinski definition) is 7. The van der Waals surface area contributed by atoms with Crippen LogP contribution in [0.3, 0.4) is 0 Å². The number of primary amides is 1. The molecule has 1 aliphatic rings.